The summed E-state index contributed by atoms with van der Waals surface area (Å²) in [6, 6.07) is 0. The van der Waals surface area contributed by atoms with Crippen molar-refractivity contribution in [1.82, 2.24) is 14.8 Å². The number of hydrogen-bond acceptors (Lipinski definition) is 4. The molecule has 1 rings (SSSR count). The van der Waals surface area contributed by atoms with Crippen LogP contribution in [-0.4, -0.2) is 26.8 Å². The van der Waals surface area contributed by atoms with Crippen molar-refractivity contribution in [2.75, 3.05) is 0 Å². The SMILES string of the molecule is CC(C)OC(=O)CCCn1cncn1. The van der Waals surface area contributed by atoms with Gasteiger partial charge in [0.25, 0.3) is 0 Å². The summed E-state index contributed by atoms with van der Waals surface area (Å²) in [6.07, 6.45) is 4.24. The van der Waals surface area contributed by atoms with Crippen molar-refractivity contribution >= 4 is 5.97 Å². The van der Waals surface area contributed by atoms with E-state index in [0.717, 1.165) is 6.42 Å². The van der Waals surface area contributed by atoms with Gasteiger partial charge in [0.1, 0.15) is 12.7 Å². The van der Waals surface area contributed by atoms with Crippen molar-refractivity contribution in [1.29, 1.82) is 0 Å². The number of carbonyl (C=O) groups excluding carboxylic acids is 1. The number of esters is 1. The van der Waals surface area contributed by atoms with Gasteiger partial charge < -0.3 is 4.74 Å². The first-order chi connectivity index (χ1) is 6.68. The molecule has 0 amide bonds. The predicted molar refractivity (Wildman–Crippen MR) is 50.5 cm³/mol. The molecule has 5 nitrogen and oxygen atoms in total. The highest BCUT2D eigenvalue weighted by molar-refractivity contribution is 5.69. The summed E-state index contributed by atoms with van der Waals surface area (Å²) >= 11 is 0. The maximum atomic E-state index is 11.1. The molecule has 0 aliphatic heterocycles. The Morgan fingerprint density at radius 1 is 1.57 bits per heavy atom. The third-order valence-corrected chi connectivity index (χ3v) is 1.60. The molecule has 0 aliphatic rings. The van der Waals surface area contributed by atoms with Crippen molar-refractivity contribution < 1.29 is 9.53 Å². The number of nitrogens with zero attached hydrogens (tertiary/aromatic N) is 3. The molecule has 1 aromatic rings. The van der Waals surface area contributed by atoms with Gasteiger partial charge in [0.2, 0.25) is 0 Å². The Morgan fingerprint density at radius 3 is 2.93 bits per heavy atom. The lowest BCUT2D eigenvalue weighted by Gasteiger charge is -2.07. The van der Waals surface area contributed by atoms with E-state index in [2.05, 4.69) is 10.1 Å². The van der Waals surface area contributed by atoms with E-state index in [1.54, 1.807) is 11.0 Å². The zero-order valence-electron chi connectivity index (χ0n) is 8.51. The van der Waals surface area contributed by atoms with Crippen LogP contribution in [0.25, 0.3) is 0 Å². The maximum Gasteiger partial charge on any atom is 0.306 e. The second-order valence-electron chi connectivity index (χ2n) is 3.30. The van der Waals surface area contributed by atoms with Gasteiger partial charge in [-0.15, -0.1) is 0 Å². The molecule has 0 unspecified atom stereocenters. The molecular formula is C9H15N3O2. The molecule has 0 spiro atoms. The van der Waals surface area contributed by atoms with E-state index < -0.39 is 0 Å². The largest absolute Gasteiger partial charge is 0.463 e. The zero-order valence-corrected chi connectivity index (χ0v) is 8.51. The van der Waals surface area contributed by atoms with Crippen LogP contribution >= 0.6 is 0 Å². The van der Waals surface area contributed by atoms with Crippen LogP contribution in [0.2, 0.25) is 0 Å². The van der Waals surface area contributed by atoms with E-state index in [1.165, 1.54) is 6.33 Å². The molecule has 0 bridgehead atoms. The number of carbonyl (C=O) groups is 1. The Labute approximate surface area is 83.1 Å². The number of aromatic nitrogens is 3. The van der Waals surface area contributed by atoms with Crippen LogP contribution in [0.1, 0.15) is 26.7 Å². The molecular weight excluding hydrogens is 182 g/mol. The van der Waals surface area contributed by atoms with Crippen molar-refractivity contribution in [3.63, 3.8) is 0 Å². The van der Waals surface area contributed by atoms with Gasteiger partial charge in [-0.25, -0.2) is 4.98 Å². The quantitative estimate of drug-likeness (QED) is 0.661. The second kappa shape index (κ2) is 5.36. The topological polar surface area (TPSA) is 57.0 Å². The summed E-state index contributed by atoms with van der Waals surface area (Å²) < 4.78 is 6.68. The predicted octanol–water partition coefficient (Wildman–Crippen LogP) is 1.01. The molecule has 78 valence electrons. The summed E-state index contributed by atoms with van der Waals surface area (Å²) in [5.41, 5.74) is 0. The molecule has 14 heavy (non-hydrogen) atoms. The molecule has 5 heteroatoms. The van der Waals surface area contributed by atoms with Crippen molar-refractivity contribution in [3.8, 4) is 0 Å². The van der Waals surface area contributed by atoms with Crippen LogP contribution in [0.3, 0.4) is 0 Å². The highest BCUT2D eigenvalue weighted by Gasteiger charge is 2.04. The standard InChI is InChI=1S/C9H15N3O2/c1-8(2)14-9(13)4-3-5-12-7-10-6-11-12/h6-8H,3-5H2,1-2H3. The first-order valence-corrected chi connectivity index (χ1v) is 4.70. The molecule has 0 aliphatic carbocycles. The summed E-state index contributed by atoms with van der Waals surface area (Å²) in [5.74, 6) is -0.153. The van der Waals surface area contributed by atoms with Crippen LogP contribution in [-0.2, 0) is 16.1 Å². The van der Waals surface area contributed by atoms with Gasteiger partial charge in [-0.05, 0) is 20.3 Å². The number of hydrogen-bond donors (Lipinski definition) is 0. The molecule has 0 radical (unpaired) electrons. The van der Waals surface area contributed by atoms with Gasteiger partial charge >= 0.3 is 5.97 Å². The number of rotatable bonds is 5. The first-order valence-electron chi connectivity index (χ1n) is 4.70. The Balaban J connectivity index is 2.12. The second-order valence-corrected chi connectivity index (χ2v) is 3.30. The third-order valence-electron chi connectivity index (χ3n) is 1.60. The molecule has 1 heterocycles. The molecule has 0 fully saturated rings. The summed E-state index contributed by atoms with van der Waals surface area (Å²) in [4.78, 5) is 14.9. The van der Waals surface area contributed by atoms with E-state index in [9.17, 15) is 4.79 Å². The van der Waals surface area contributed by atoms with Gasteiger partial charge in [0, 0.05) is 13.0 Å². The fourth-order valence-corrected chi connectivity index (χ4v) is 1.06. The normalized spacial score (nSPS) is 10.5. The van der Waals surface area contributed by atoms with Crippen LogP contribution in [0, 0.1) is 0 Å². The van der Waals surface area contributed by atoms with Crippen molar-refractivity contribution in [3.05, 3.63) is 12.7 Å². The number of ether oxygens (including phenoxy) is 1. The molecule has 1 aromatic heterocycles. The molecule has 0 saturated heterocycles. The average molecular weight is 197 g/mol. The van der Waals surface area contributed by atoms with Gasteiger partial charge in [0.05, 0.1) is 6.10 Å². The Morgan fingerprint density at radius 2 is 2.36 bits per heavy atom. The van der Waals surface area contributed by atoms with Crippen LogP contribution < -0.4 is 0 Å². The minimum Gasteiger partial charge on any atom is -0.463 e. The van der Waals surface area contributed by atoms with Gasteiger partial charge in [-0.1, -0.05) is 0 Å². The molecule has 0 aromatic carbocycles. The molecule has 0 N–H and O–H groups in total. The van der Waals surface area contributed by atoms with E-state index in [-0.39, 0.29) is 12.1 Å². The zero-order chi connectivity index (χ0) is 10.4. The van der Waals surface area contributed by atoms with Crippen molar-refractivity contribution in [2.24, 2.45) is 0 Å². The lowest BCUT2D eigenvalue weighted by Crippen LogP contribution is -2.12. The Kier molecular flexibility index (Phi) is 4.10. The molecule has 0 atom stereocenters. The summed E-state index contributed by atoms with van der Waals surface area (Å²) in [5, 5.41) is 3.93. The summed E-state index contributed by atoms with van der Waals surface area (Å²) in [6.45, 7) is 4.39. The lowest BCUT2D eigenvalue weighted by molar-refractivity contribution is -0.147. The van der Waals surface area contributed by atoms with E-state index >= 15 is 0 Å². The summed E-state index contributed by atoms with van der Waals surface area (Å²) in [7, 11) is 0. The fraction of sp³-hybridized carbons (Fsp3) is 0.667. The smallest absolute Gasteiger partial charge is 0.306 e. The fourth-order valence-electron chi connectivity index (χ4n) is 1.06. The van der Waals surface area contributed by atoms with Crippen LogP contribution in [0.5, 0.6) is 0 Å². The van der Waals surface area contributed by atoms with E-state index in [1.807, 2.05) is 13.8 Å². The Bertz CT molecular complexity index is 270. The van der Waals surface area contributed by atoms with E-state index in [4.69, 9.17) is 4.74 Å². The highest BCUT2D eigenvalue weighted by Crippen LogP contribution is 1.98. The van der Waals surface area contributed by atoms with Gasteiger partial charge in [0.15, 0.2) is 0 Å². The minimum atomic E-state index is -0.153. The first kappa shape index (κ1) is 10.7. The van der Waals surface area contributed by atoms with Gasteiger partial charge in [-0.2, -0.15) is 5.10 Å². The minimum absolute atomic E-state index is 0.0335. The van der Waals surface area contributed by atoms with Crippen molar-refractivity contribution in [2.45, 2.75) is 39.3 Å². The monoisotopic (exact) mass is 197 g/mol. The maximum absolute atomic E-state index is 11.1. The average Bonchev–Trinajstić information content (AvgIpc) is 2.55. The van der Waals surface area contributed by atoms with Crippen LogP contribution in [0.4, 0.5) is 0 Å². The van der Waals surface area contributed by atoms with Crippen LogP contribution in [0.15, 0.2) is 12.7 Å². The number of aryl methyl sites for hydroxylation is 1. The third kappa shape index (κ3) is 4.02. The van der Waals surface area contributed by atoms with E-state index in [0.29, 0.717) is 13.0 Å². The molecule has 0 saturated carbocycles. The highest BCUT2D eigenvalue weighted by atomic mass is 16.5. The lowest BCUT2D eigenvalue weighted by atomic mass is 10.3. The Hall–Kier alpha value is -1.39. The van der Waals surface area contributed by atoms with Gasteiger partial charge in [-0.3, -0.25) is 9.48 Å².